The van der Waals surface area contributed by atoms with Gasteiger partial charge in [-0.3, -0.25) is 4.98 Å². The summed E-state index contributed by atoms with van der Waals surface area (Å²) in [6.45, 7) is 3.52. The van der Waals surface area contributed by atoms with Crippen molar-refractivity contribution in [1.29, 1.82) is 0 Å². The monoisotopic (exact) mass is 229 g/mol. The number of alkyl halides is 1. The Hall–Kier alpha value is -1.03. The van der Waals surface area contributed by atoms with Crippen molar-refractivity contribution in [2.24, 2.45) is 0 Å². The molecule has 0 aliphatic rings. The normalized spacial score (nSPS) is 10.0. The quantitative estimate of drug-likeness (QED) is 0.576. The lowest BCUT2D eigenvalue weighted by Gasteiger charge is -2.06. The van der Waals surface area contributed by atoms with E-state index in [-0.39, 0.29) is 0 Å². The van der Waals surface area contributed by atoms with Crippen LogP contribution in [0, 0.1) is 0 Å². The summed E-state index contributed by atoms with van der Waals surface area (Å²) in [4.78, 5) is 8.28. The van der Waals surface area contributed by atoms with E-state index in [2.05, 4.69) is 22.2 Å². The summed E-state index contributed by atoms with van der Waals surface area (Å²) in [5, 5.41) is 3.12. The van der Waals surface area contributed by atoms with Crippen LogP contribution in [0.4, 0.5) is 5.82 Å². The minimum atomic E-state index is 0.563. The molecule has 1 aromatic rings. The van der Waals surface area contributed by atoms with Gasteiger partial charge in [-0.2, -0.15) is 4.98 Å². The molecule has 15 heavy (non-hydrogen) atoms. The number of hydrogen-bond donors (Lipinski definition) is 1. The molecule has 5 heteroatoms. The Labute approximate surface area is 95.0 Å². The predicted octanol–water partition coefficient (Wildman–Crippen LogP) is 2.31. The first-order valence-electron chi connectivity index (χ1n) is 5.11. The van der Waals surface area contributed by atoms with Crippen LogP contribution in [0.25, 0.3) is 0 Å². The molecule has 0 saturated carbocycles. The zero-order chi connectivity index (χ0) is 10.9. The van der Waals surface area contributed by atoms with Crippen LogP contribution in [0.3, 0.4) is 0 Å². The van der Waals surface area contributed by atoms with Gasteiger partial charge in [-0.05, 0) is 12.8 Å². The number of anilines is 1. The Balaban J connectivity index is 2.42. The molecular formula is C10H16ClN3O. The fourth-order valence-electron chi connectivity index (χ4n) is 0.993. The van der Waals surface area contributed by atoms with Gasteiger partial charge in [0.05, 0.1) is 19.0 Å². The molecule has 0 saturated heterocycles. The Morgan fingerprint density at radius 3 is 3.07 bits per heavy atom. The Morgan fingerprint density at radius 1 is 1.47 bits per heavy atom. The summed E-state index contributed by atoms with van der Waals surface area (Å²) in [6.07, 6.45) is 5.16. The third-order valence-electron chi connectivity index (χ3n) is 1.68. The van der Waals surface area contributed by atoms with Gasteiger partial charge in [0.15, 0.2) is 0 Å². The third kappa shape index (κ3) is 4.83. The fraction of sp³-hybridized carbons (Fsp3) is 0.600. The fourth-order valence-corrected chi connectivity index (χ4v) is 1.13. The van der Waals surface area contributed by atoms with Gasteiger partial charge >= 0.3 is 0 Å². The second kappa shape index (κ2) is 7.29. The minimum Gasteiger partial charge on any atom is -0.477 e. The number of hydrogen-bond acceptors (Lipinski definition) is 4. The van der Waals surface area contributed by atoms with Crippen molar-refractivity contribution < 1.29 is 4.74 Å². The number of nitrogens with zero attached hydrogens (tertiary/aromatic N) is 2. The lowest BCUT2D eigenvalue weighted by atomic mass is 10.5. The van der Waals surface area contributed by atoms with Gasteiger partial charge in [-0.25, -0.2) is 0 Å². The number of nitrogens with one attached hydrogen (secondary N) is 1. The van der Waals surface area contributed by atoms with Gasteiger partial charge < -0.3 is 10.1 Å². The highest BCUT2D eigenvalue weighted by molar-refractivity contribution is 6.17. The largest absolute Gasteiger partial charge is 0.477 e. The summed E-state index contributed by atoms with van der Waals surface area (Å²) < 4.78 is 5.36. The van der Waals surface area contributed by atoms with E-state index in [1.54, 1.807) is 12.4 Å². The van der Waals surface area contributed by atoms with Gasteiger partial charge in [-0.15, -0.1) is 11.6 Å². The summed E-state index contributed by atoms with van der Waals surface area (Å²) in [5.74, 6) is 1.94. The molecule has 4 nitrogen and oxygen atoms in total. The van der Waals surface area contributed by atoms with Crippen LogP contribution in [0.5, 0.6) is 5.88 Å². The first-order chi connectivity index (χ1) is 7.36. The highest BCUT2D eigenvalue weighted by Crippen LogP contribution is 2.09. The number of aromatic nitrogens is 2. The van der Waals surface area contributed by atoms with Crippen LogP contribution in [0.2, 0.25) is 0 Å². The maximum atomic E-state index is 5.57. The van der Waals surface area contributed by atoms with Crippen LogP contribution in [0.15, 0.2) is 12.4 Å². The van der Waals surface area contributed by atoms with Crippen molar-refractivity contribution in [1.82, 2.24) is 9.97 Å². The van der Waals surface area contributed by atoms with Crippen molar-refractivity contribution >= 4 is 17.4 Å². The molecule has 0 aromatic carbocycles. The van der Waals surface area contributed by atoms with Crippen molar-refractivity contribution in [2.45, 2.75) is 19.8 Å². The molecule has 0 unspecified atom stereocenters. The molecule has 84 valence electrons. The van der Waals surface area contributed by atoms with Gasteiger partial charge in [0.25, 0.3) is 0 Å². The maximum Gasteiger partial charge on any atom is 0.234 e. The van der Waals surface area contributed by atoms with Crippen molar-refractivity contribution in [3.05, 3.63) is 12.4 Å². The number of rotatable bonds is 7. The van der Waals surface area contributed by atoms with Crippen molar-refractivity contribution in [3.63, 3.8) is 0 Å². The molecule has 0 aliphatic carbocycles. The SMILES string of the molecule is CCCOc1cncc(NCCCCl)n1. The Bertz CT molecular complexity index is 283. The Morgan fingerprint density at radius 2 is 2.33 bits per heavy atom. The van der Waals surface area contributed by atoms with E-state index < -0.39 is 0 Å². The van der Waals surface area contributed by atoms with E-state index in [0.717, 1.165) is 25.2 Å². The van der Waals surface area contributed by atoms with E-state index in [0.29, 0.717) is 18.4 Å². The van der Waals surface area contributed by atoms with Crippen LogP contribution < -0.4 is 10.1 Å². The molecule has 0 fully saturated rings. The van der Waals surface area contributed by atoms with Gasteiger partial charge in [0.1, 0.15) is 5.82 Å². The molecule has 0 atom stereocenters. The second-order valence-corrected chi connectivity index (χ2v) is 3.44. The molecule has 1 N–H and O–H groups in total. The van der Waals surface area contributed by atoms with E-state index in [9.17, 15) is 0 Å². The highest BCUT2D eigenvalue weighted by atomic mass is 35.5. The van der Waals surface area contributed by atoms with Gasteiger partial charge in [0, 0.05) is 12.4 Å². The summed E-state index contributed by atoms with van der Waals surface area (Å²) in [7, 11) is 0. The summed E-state index contributed by atoms with van der Waals surface area (Å²) in [5.41, 5.74) is 0. The summed E-state index contributed by atoms with van der Waals surface area (Å²) in [6, 6.07) is 0. The van der Waals surface area contributed by atoms with E-state index in [1.165, 1.54) is 0 Å². The maximum absolute atomic E-state index is 5.57. The van der Waals surface area contributed by atoms with Gasteiger partial charge in [-0.1, -0.05) is 6.92 Å². The van der Waals surface area contributed by atoms with Crippen LogP contribution in [0.1, 0.15) is 19.8 Å². The lowest BCUT2D eigenvalue weighted by molar-refractivity contribution is 0.304. The molecule has 1 rings (SSSR count). The van der Waals surface area contributed by atoms with E-state index >= 15 is 0 Å². The molecule has 1 heterocycles. The first-order valence-corrected chi connectivity index (χ1v) is 5.65. The standard InChI is InChI=1S/C10H16ClN3O/c1-2-6-15-10-8-12-7-9(14-10)13-5-3-4-11/h7-8H,2-6H2,1H3,(H,13,14). The molecular weight excluding hydrogens is 214 g/mol. The molecule has 1 aromatic heterocycles. The van der Waals surface area contributed by atoms with Crippen molar-refractivity contribution in [3.8, 4) is 5.88 Å². The minimum absolute atomic E-state index is 0.563. The van der Waals surface area contributed by atoms with Crippen LogP contribution >= 0.6 is 11.6 Å². The molecule has 0 amide bonds. The smallest absolute Gasteiger partial charge is 0.234 e. The molecule has 0 bridgehead atoms. The molecule has 0 aliphatic heterocycles. The topological polar surface area (TPSA) is 47.0 Å². The average Bonchev–Trinajstić information content (AvgIpc) is 2.27. The Kier molecular flexibility index (Phi) is 5.85. The third-order valence-corrected chi connectivity index (χ3v) is 1.95. The zero-order valence-electron chi connectivity index (χ0n) is 8.87. The van der Waals surface area contributed by atoms with E-state index in [4.69, 9.17) is 16.3 Å². The van der Waals surface area contributed by atoms with Crippen LogP contribution in [-0.4, -0.2) is 29.0 Å². The van der Waals surface area contributed by atoms with E-state index in [1.807, 2.05) is 0 Å². The lowest BCUT2D eigenvalue weighted by Crippen LogP contribution is -2.05. The molecule has 0 radical (unpaired) electrons. The predicted molar refractivity (Wildman–Crippen MR) is 61.6 cm³/mol. The molecule has 0 spiro atoms. The number of ether oxygens (including phenoxy) is 1. The second-order valence-electron chi connectivity index (χ2n) is 3.06. The van der Waals surface area contributed by atoms with Gasteiger partial charge in [0.2, 0.25) is 5.88 Å². The number of halogens is 1. The first kappa shape index (κ1) is 12.0. The van der Waals surface area contributed by atoms with Crippen LogP contribution in [-0.2, 0) is 0 Å². The van der Waals surface area contributed by atoms with Crippen molar-refractivity contribution in [2.75, 3.05) is 24.3 Å². The zero-order valence-corrected chi connectivity index (χ0v) is 9.63. The highest BCUT2D eigenvalue weighted by Gasteiger charge is 1.98. The summed E-state index contributed by atoms with van der Waals surface area (Å²) >= 11 is 5.57. The average molecular weight is 230 g/mol.